The van der Waals surface area contributed by atoms with Gasteiger partial charge >= 0.3 is 0 Å². The molecule has 2 aromatic carbocycles. The van der Waals surface area contributed by atoms with E-state index in [1.54, 1.807) is 0 Å². The minimum Gasteiger partial charge on any atom is -0.0998 e. The van der Waals surface area contributed by atoms with Crippen LogP contribution in [-0.2, 0) is 0 Å². The topological polar surface area (TPSA) is 0 Å². The third-order valence-electron chi connectivity index (χ3n) is 3.85. The molecule has 0 atom stereocenters. The van der Waals surface area contributed by atoms with E-state index in [1.807, 2.05) is 13.0 Å². The predicted molar refractivity (Wildman–Crippen MR) is 108 cm³/mol. The van der Waals surface area contributed by atoms with E-state index in [-0.39, 0.29) is 0 Å². The molecular formula is C24H26. The van der Waals surface area contributed by atoms with Crippen molar-refractivity contribution < 1.29 is 0 Å². The first kappa shape index (κ1) is 17.7. The fourth-order valence-electron chi connectivity index (χ4n) is 2.82. The molecule has 0 saturated heterocycles. The Morgan fingerprint density at radius 1 is 1.04 bits per heavy atom. The van der Waals surface area contributed by atoms with Crippen LogP contribution in [0.3, 0.4) is 0 Å². The summed E-state index contributed by atoms with van der Waals surface area (Å²) in [6, 6.07) is 17.0. The first-order valence-corrected chi connectivity index (χ1v) is 8.34. The highest BCUT2D eigenvalue weighted by Gasteiger charge is 2.08. The Labute approximate surface area is 146 Å². The van der Waals surface area contributed by atoms with E-state index in [2.05, 4.69) is 87.7 Å². The van der Waals surface area contributed by atoms with Crippen molar-refractivity contribution >= 4 is 5.57 Å². The van der Waals surface area contributed by atoms with Gasteiger partial charge in [0.1, 0.15) is 0 Å². The van der Waals surface area contributed by atoms with Crippen LogP contribution in [0.15, 0.2) is 91.1 Å². The van der Waals surface area contributed by atoms with E-state index < -0.39 is 0 Å². The molecule has 0 amide bonds. The van der Waals surface area contributed by atoms with Crippen LogP contribution >= 0.6 is 0 Å². The summed E-state index contributed by atoms with van der Waals surface area (Å²) >= 11 is 0. The number of hydrogen-bond acceptors (Lipinski definition) is 0. The number of allylic oxidation sites excluding steroid dienone is 6. The van der Waals surface area contributed by atoms with Crippen LogP contribution in [0.1, 0.15) is 31.4 Å². The van der Waals surface area contributed by atoms with Gasteiger partial charge in [-0.05, 0) is 55.0 Å². The lowest BCUT2D eigenvalue weighted by Gasteiger charge is -2.13. The zero-order valence-corrected chi connectivity index (χ0v) is 15.0. The summed E-state index contributed by atoms with van der Waals surface area (Å²) in [5.74, 6) is 0. The molecule has 2 rings (SSSR count). The van der Waals surface area contributed by atoms with Gasteiger partial charge in [-0.3, -0.25) is 0 Å². The molecular weight excluding hydrogens is 288 g/mol. The van der Waals surface area contributed by atoms with Gasteiger partial charge in [0.25, 0.3) is 0 Å². The summed E-state index contributed by atoms with van der Waals surface area (Å²) in [6.07, 6.45) is 7.24. The number of rotatable bonds is 6. The second kappa shape index (κ2) is 8.31. The van der Waals surface area contributed by atoms with Crippen molar-refractivity contribution in [2.45, 2.75) is 27.2 Å². The monoisotopic (exact) mass is 314 g/mol. The smallest absolute Gasteiger partial charge is 0.00725 e. The molecule has 0 unspecified atom stereocenters. The molecule has 0 aliphatic heterocycles. The molecule has 0 bridgehead atoms. The standard InChI is InChI=1S/C24H26/c1-6-10-21(15-18(2)3)17-20(5)23-14-13-19(4)16-24(23)22-11-8-7-9-12-22/h6-14,16-17H,2,5,15H2,1,3-4H3/b10-6-,21-17+. The molecule has 0 nitrogen and oxygen atoms in total. The Kier molecular flexibility index (Phi) is 6.14. The van der Waals surface area contributed by atoms with Crippen LogP contribution in [0.25, 0.3) is 16.7 Å². The third kappa shape index (κ3) is 4.70. The van der Waals surface area contributed by atoms with Crippen molar-refractivity contribution in [3.63, 3.8) is 0 Å². The predicted octanol–water partition coefficient (Wildman–Crippen LogP) is 7.14. The van der Waals surface area contributed by atoms with E-state index in [4.69, 9.17) is 0 Å². The van der Waals surface area contributed by atoms with E-state index in [0.29, 0.717) is 0 Å². The second-order valence-electron chi connectivity index (χ2n) is 6.29. The van der Waals surface area contributed by atoms with E-state index in [9.17, 15) is 0 Å². The Morgan fingerprint density at radius 2 is 1.75 bits per heavy atom. The number of aryl methyl sites for hydroxylation is 1. The Morgan fingerprint density at radius 3 is 2.38 bits per heavy atom. The zero-order valence-electron chi connectivity index (χ0n) is 15.0. The molecule has 0 saturated carbocycles. The van der Waals surface area contributed by atoms with Crippen molar-refractivity contribution in [2.24, 2.45) is 0 Å². The quantitative estimate of drug-likeness (QED) is 0.392. The fraction of sp³-hybridized carbons (Fsp3) is 0.167. The van der Waals surface area contributed by atoms with Gasteiger partial charge in [0.05, 0.1) is 0 Å². The van der Waals surface area contributed by atoms with Crippen LogP contribution in [0.2, 0.25) is 0 Å². The van der Waals surface area contributed by atoms with Crippen molar-refractivity contribution in [3.05, 3.63) is 102 Å². The van der Waals surface area contributed by atoms with Gasteiger partial charge in [-0.2, -0.15) is 0 Å². The zero-order chi connectivity index (χ0) is 17.5. The maximum Gasteiger partial charge on any atom is -0.00725 e. The van der Waals surface area contributed by atoms with Crippen molar-refractivity contribution in [1.29, 1.82) is 0 Å². The van der Waals surface area contributed by atoms with Crippen molar-refractivity contribution in [1.82, 2.24) is 0 Å². The van der Waals surface area contributed by atoms with Gasteiger partial charge in [0, 0.05) is 0 Å². The molecule has 0 N–H and O–H groups in total. The maximum atomic E-state index is 4.33. The van der Waals surface area contributed by atoms with E-state index in [0.717, 1.165) is 17.6 Å². The van der Waals surface area contributed by atoms with Gasteiger partial charge in [-0.1, -0.05) is 91.1 Å². The van der Waals surface area contributed by atoms with Gasteiger partial charge in [0.2, 0.25) is 0 Å². The molecule has 0 radical (unpaired) electrons. The molecule has 122 valence electrons. The van der Waals surface area contributed by atoms with Crippen LogP contribution in [0.5, 0.6) is 0 Å². The van der Waals surface area contributed by atoms with Crippen LogP contribution in [0.4, 0.5) is 0 Å². The molecule has 0 heterocycles. The molecule has 0 aromatic heterocycles. The minimum absolute atomic E-state index is 0.871. The lowest BCUT2D eigenvalue weighted by molar-refractivity contribution is 1.16. The molecule has 0 aliphatic carbocycles. The van der Waals surface area contributed by atoms with Crippen LogP contribution < -0.4 is 0 Å². The Balaban J connectivity index is 2.48. The summed E-state index contributed by atoms with van der Waals surface area (Å²) < 4.78 is 0. The number of benzene rings is 2. The van der Waals surface area contributed by atoms with Gasteiger partial charge < -0.3 is 0 Å². The largest absolute Gasteiger partial charge is 0.0998 e. The highest BCUT2D eigenvalue weighted by atomic mass is 14.1. The average molecular weight is 314 g/mol. The normalized spacial score (nSPS) is 11.7. The van der Waals surface area contributed by atoms with Gasteiger partial charge in [-0.25, -0.2) is 0 Å². The SMILES string of the molecule is C=C(C)CC(/C=C\C)=C/C(=C)c1ccc(C)cc1-c1ccccc1. The molecule has 0 aliphatic rings. The summed E-state index contributed by atoms with van der Waals surface area (Å²) in [4.78, 5) is 0. The van der Waals surface area contributed by atoms with Crippen LogP contribution in [0, 0.1) is 6.92 Å². The lowest BCUT2D eigenvalue weighted by Crippen LogP contribution is -1.90. The highest BCUT2D eigenvalue weighted by molar-refractivity contribution is 5.85. The van der Waals surface area contributed by atoms with Crippen LogP contribution in [-0.4, -0.2) is 0 Å². The van der Waals surface area contributed by atoms with E-state index in [1.165, 1.54) is 27.8 Å². The van der Waals surface area contributed by atoms with Crippen molar-refractivity contribution in [3.8, 4) is 11.1 Å². The fourth-order valence-corrected chi connectivity index (χ4v) is 2.82. The lowest BCUT2D eigenvalue weighted by atomic mass is 9.92. The Hall–Kier alpha value is -2.60. The third-order valence-corrected chi connectivity index (χ3v) is 3.85. The molecule has 2 aromatic rings. The molecule has 0 fully saturated rings. The molecule has 0 heteroatoms. The maximum absolute atomic E-state index is 4.33. The second-order valence-corrected chi connectivity index (χ2v) is 6.29. The first-order valence-electron chi connectivity index (χ1n) is 8.34. The summed E-state index contributed by atoms with van der Waals surface area (Å²) in [5, 5.41) is 0. The number of hydrogen-bond donors (Lipinski definition) is 0. The Bertz CT molecular complexity index is 786. The summed E-state index contributed by atoms with van der Waals surface area (Å²) in [6.45, 7) is 14.6. The molecule has 24 heavy (non-hydrogen) atoms. The summed E-state index contributed by atoms with van der Waals surface area (Å²) in [7, 11) is 0. The highest BCUT2D eigenvalue weighted by Crippen LogP contribution is 2.31. The minimum atomic E-state index is 0.871. The average Bonchev–Trinajstić information content (AvgIpc) is 2.55. The van der Waals surface area contributed by atoms with Gasteiger partial charge in [0.15, 0.2) is 0 Å². The van der Waals surface area contributed by atoms with E-state index >= 15 is 0 Å². The first-order chi connectivity index (χ1) is 11.5. The summed E-state index contributed by atoms with van der Waals surface area (Å²) in [5.41, 5.74) is 8.29. The van der Waals surface area contributed by atoms with Gasteiger partial charge in [-0.15, -0.1) is 0 Å². The van der Waals surface area contributed by atoms with Crippen molar-refractivity contribution in [2.75, 3.05) is 0 Å². The molecule has 0 spiro atoms.